The fraction of sp³-hybridized carbons (Fsp3) is 0.455. The van der Waals surface area contributed by atoms with E-state index in [2.05, 4.69) is 24.7 Å². The molecule has 0 spiro atoms. The van der Waals surface area contributed by atoms with Gasteiger partial charge in [0.05, 0.1) is 0 Å². The topological polar surface area (TPSA) is 255 Å². The van der Waals surface area contributed by atoms with Crippen LogP contribution in [0.2, 0.25) is 0 Å². The van der Waals surface area contributed by atoms with Crippen molar-refractivity contribution in [2.75, 3.05) is 6.61 Å². The molecule has 0 aromatic rings. The normalized spacial score (nSPS) is 32.8. The number of hydrogen-bond donors (Lipinski definition) is 6. The highest BCUT2D eigenvalue weighted by molar-refractivity contribution is 7.66. The number of aliphatic hydroxyl groups excluding tert-OH is 1. The smallest absolute Gasteiger partial charge is 0.387 e. The van der Waals surface area contributed by atoms with E-state index < -0.39 is 53.4 Å². The summed E-state index contributed by atoms with van der Waals surface area (Å²) in [6, 6.07) is 1.53. The summed E-state index contributed by atoms with van der Waals surface area (Å²) in [6.45, 7) is 2.38. The van der Waals surface area contributed by atoms with Crippen LogP contribution in [0.5, 0.6) is 0 Å². The second-order valence-corrected chi connectivity index (χ2v) is 10.9. The molecular formula is C11H16ClN4O12P3. The molecule has 0 amide bonds. The Bertz CT molecular complexity index is 993. The van der Waals surface area contributed by atoms with E-state index in [0.29, 0.717) is 0 Å². The van der Waals surface area contributed by atoms with Crippen LogP contribution in [0.4, 0.5) is 0 Å². The lowest BCUT2D eigenvalue weighted by Crippen LogP contribution is -2.44. The van der Waals surface area contributed by atoms with Crippen molar-refractivity contribution in [2.24, 2.45) is 10.7 Å². The van der Waals surface area contributed by atoms with E-state index in [9.17, 15) is 29.0 Å². The Morgan fingerprint density at radius 1 is 1.32 bits per heavy atom. The molecule has 7 N–H and O–H groups in total. The molecule has 16 nitrogen and oxygen atoms in total. The fourth-order valence-electron chi connectivity index (χ4n) is 2.42. The van der Waals surface area contributed by atoms with Crippen LogP contribution < -0.4 is 5.73 Å². The van der Waals surface area contributed by atoms with Gasteiger partial charge in [-0.05, 0) is 6.08 Å². The first-order chi connectivity index (χ1) is 14.0. The Morgan fingerprint density at radius 2 is 1.94 bits per heavy atom. The molecule has 0 saturated carbocycles. The maximum Gasteiger partial charge on any atom is 0.490 e. The van der Waals surface area contributed by atoms with Crippen LogP contribution in [0, 0.1) is 11.3 Å². The molecule has 0 radical (unpaired) electrons. The van der Waals surface area contributed by atoms with Crippen molar-refractivity contribution in [2.45, 2.75) is 23.3 Å². The van der Waals surface area contributed by atoms with Crippen LogP contribution in [0.1, 0.15) is 0 Å². The monoisotopic (exact) mass is 524 g/mol. The highest BCUT2D eigenvalue weighted by Crippen LogP contribution is 2.66. The minimum atomic E-state index is -5.77. The number of phosphoric acid groups is 3. The molecule has 31 heavy (non-hydrogen) atoms. The van der Waals surface area contributed by atoms with Gasteiger partial charge in [-0.15, -0.1) is 11.6 Å². The summed E-state index contributed by atoms with van der Waals surface area (Å²) < 4.78 is 50.9. The lowest BCUT2D eigenvalue weighted by Gasteiger charge is -2.31. The lowest BCUT2D eigenvalue weighted by atomic mass is 9.99. The van der Waals surface area contributed by atoms with Gasteiger partial charge in [-0.1, -0.05) is 6.58 Å². The van der Waals surface area contributed by atoms with Crippen molar-refractivity contribution < 1.29 is 56.3 Å². The molecule has 2 aliphatic heterocycles. The van der Waals surface area contributed by atoms with Gasteiger partial charge in [0.1, 0.15) is 35.8 Å². The third-order valence-corrected chi connectivity index (χ3v) is 7.90. The van der Waals surface area contributed by atoms with Crippen molar-refractivity contribution in [3.63, 3.8) is 0 Å². The number of nitrogens with zero attached hydrogens (tertiary/aromatic N) is 3. The number of phosphoric ester groups is 1. The molecule has 174 valence electrons. The van der Waals surface area contributed by atoms with E-state index in [1.165, 1.54) is 23.2 Å². The molecule has 1 fully saturated rings. The molecule has 0 aliphatic carbocycles. The van der Waals surface area contributed by atoms with E-state index in [0.717, 1.165) is 0 Å². The van der Waals surface area contributed by atoms with Crippen molar-refractivity contribution in [1.29, 1.82) is 5.26 Å². The number of halogens is 1. The number of nitriles is 1. The summed E-state index contributed by atoms with van der Waals surface area (Å²) in [6.07, 6.45) is -0.429. The molecule has 2 heterocycles. The molecule has 2 unspecified atom stereocenters. The van der Waals surface area contributed by atoms with Gasteiger partial charge >= 0.3 is 23.5 Å². The second kappa shape index (κ2) is 9.01. The Labute approximate surface area is 179 Å². The molecule has 2 aliphatic rings. The maximum atomic E-state index is 11.9. The average molecular weight is 525 g/mol. The van der Waals surface area contributed by atoms with Gasteiger partial charge in [-0.2, -0.15) is 13.9 Å². The molecule has 1 saturated heterocycles. The number of nitrogens with two attached hydrogens (primary N) is 1. The first-order valence-corrected chi connectivity index (χ1v) is 12.7. The summed E-state index contributed by atoms with van der Waals surface area (Å²) in [5.41, 5.74) is 3.13. The zero-order chi connectivity index (χ0) is 23.8. The van der Waals surface area contributed by atoms with Crippen LogP contribution in [0.15, 0.2) is 29.7 Å². The van der Waals surface area contributed by atoms with Crippen LogP contribution in [0.25, 0.3) is 0 Å². The van der Waals surface area contributed by atoms with E-state index in [1.54, 1.807) is 0 Å². The molecule has 0 aromatic carbocycles. The Kier molecular flexibility index (Phi) is 7.59. The molecular weight excluding hydrogens is 509 g/mol. The summed E-state index contributed by atoms with van der Waals surface area (Å²) >= 11 is 6.12. The van der Waals surface area contributed by atoms with Gasteiger partial charge in [0.2, 0.25) is 5.60 Å². The first kappa shape index (κ1) is 26.1. The Morgan fingerprint density at radius 3 is 2.45 bits per heavy atom. The summed E-state index contributed by atoms with van der Waals surface area (Å²) in [4.78, 5) is 40.8. The van der Waals surface area contributed by atoms with E-state index in [-0.39, 0.29) is 11.7 Å². The van der Waals surface area contributed by atoms with Crippen molar-refractivity contribution in [1.82, 2.24) is 4.90 Å². The van der Waals surface area contributed by atoms with Crippen LogP contribution in [-0.2, 0) is 31.6 Å². The van der Waals surface area contributed by atoms with Gasteiger partial charge in [-0.3, -0.25) is 4.52 Å². The van der Waals surface area contributed by atoms with Crippen molar-refractivity contribution >= 4 is 40.9 Å². The number of ether oxygens (including phenoxy) is 1. The number of hydrogen-bond acceptors (Lipinski definition) is 12. The summed E-state index contributed by atoms with van der Waals surface area (Å²) in [7, 11) is -16.9. The first-order valence-electron chi connectivity index (χ1n) is 7.70. The molecule has 20 heteroatoms. The third kappa shape index (κ3) is 6.44. The third-order valence-electron chi connectivity index (χ3n) is 3.67. The predicted molar refractivity (Wildman–Crippen MR) is 100 cm³/mol. The van der Waals surface area contributed by atoms with E-state index in [4.69, 9.17) is 36.8 Å². The van der Waals surface area contributed by atoms with Gasteiger partial charge in [0.25, 0.3) is 0 Å². The fourth-order valence-corrected chi connectivity index (χ4v) is 5.84. The van der Waals surface area contributed by atoms with Gasteiger partial charge in [0.15, 0.2) is 6.23 Å². The van der Waals surface area contributed by atoms with Crippen LogP contribution in [-0.4, -0.2) is 65.3 Å². The number of amidine groups is 1. The van der Waals surface area contributed by atoms with Crippen molar-refractivity contribution in [3.8, 4) is 6.07 Å². The largest absolute Gasteiger partial charge is 0.490 e. The summed E-state index contributed by atoms with van der Waals surface area (Å²) in [5.74, 6) is 0.134. The zero-order valence-electron chi connectivity index (χ0n) is 15.0. The van der Waals surface area contributed by atoms with Crippen LogP contribution >= 0.6 is 35.1 Å². The minimum Gasteiger partial charge on any atom is -0.387 e. The van der Waals surface area contributed by atoms with Gasteiger partial charge in [-0.25, -0.2) is 18.7 Å². The quantitative estimate of drug-likeness (QED) is 0.174. The molecule has 2 rings (SSSR count). The minimum absolute atomic E-state index is 0.0319. The highest BCUT2D eigenvalue weighted by Gasteiger charge is 2.58. The number of aliphatic imine (C=N–C) groups is 1. The molecule has 6 atom stereocenters. The van der Waals surface area contributed by atoms with Gasteiger partial charge < -0.3 is 40.1 Å². The van der Waals surface area contributed by atoms with Crippen molar-refractivity contribution in [3.05, 3.63) is 24.7 Å². The maximum absolute atomic E-state index is 11.9. The number of rotatable bonds is 8. The number of aliphatic hydroxyl groups is 1. The van der Waals surface area contributed by atoms with E-state index >= 15 is 0 Å². The SMILES string of the molecule is C=C1N=C(N)C=CN1[C@@H]1O[C@](C#N)(COP(=O)(O)OP(=O)(O)OP(=O)(O)O)[C@@H](O)[C@H]1Cl. The summed E-state index contributed by atoms with van der Waals surface area (Å²) in [5, 5.41) is 18.5. The lowest BCUT2D eigenvalue weighted by molar-refractivity contribution is -0.0977. The van der Waals surface area contributed by atoms with Gasteiger partial charge in [0, 0.05) is 6.20 Å². The van der Waals surface area contributed by atoms with E-state index in [1.807, 2.05) is 0 Å². The predicted octanol–water partition coefficient (Wildman–Crippen LogP) is -0.426. The highest BCUT2D eigenvalue weighted by atomic mass is 35.5. The second-order valence-electron chi connectivity index (χ2n) is 5.94. The zero-order valence-corrected chi connectivity index (χ0v) is 18.5. The molecule has 0 aromatic heterocycles. The standard InChI is InChI=1S/C11H16ClN4O12P3/c1-6-15-7(14)2-3-16(6)10-8(12)9(17)11(4-13,26-10)5-25-30(21,22)28-31(23,24)27-29(18,19)20/h2-3,8-10,17H,1,5H2,(H2,14,15)(H,21,22)(H,23,24)(H2,18,19,20)/t8-,9+,10-,11-/m1/s1. The average Bonchev–Trinajstić information content (AvgIpc) is 2.82. The Hall–Kier alpha value is -1.14. The number of alkyl halides is 1. The Balaban J connectivity index is 2.16. The molecule has 0 bridgehead atoms. The van der Waals surface area contributed by atoms with Crippen LogP contribution in [0.3, 0.4) is 0 Å².